The molecule has 0 atom stereocenters. The molecule has 0 bridgehead atoms. The third-order valence-electron chi connectivity index (χ3n) is 6.44. The summed E-state index contributed by atoms with van der Waals surface area (Å²) in [5.41, 5.74) is 3.14. The number of aromatic nitrogens is 2. The summed E-state index contributed by atoms with van der Waals surface area (Å²) in [5, 5.41) is 14.6. The predicted molar refractivity (Wildman–Crippen MR) is 143 cm³/mol. The normalized spacial score (nSPS) is 14.6. The highest BCUT2D eigenvalue weighted by Crippen LogP contribution is 2.35. The summed E-state index contributed by atoms with van der Waals surface area (Å²) in [6.07, 6.45) is 4.92. The van der Waals surface area contributed by atoms with E-state index in [-0.39, 0.29) is 17.7 Å². The maximum atomic E-state index is 13.6. The summed E-state index contributed by atoms with van der Waals surface area (Å²) in [7, 11) is 3.11. The van der Waals surface area contributed by atoms with Crippen molar-refractivity contribution < 1.29 is 23.5 Å². The largest absolute Gasteiger partial charge is 0.493 e. The number of hydrogen-bond acceptors (Lipinski definition) is 7. The van der Waals surface area contributed by atoms with Gasteiger partial charge in [0.25, 0.3) is 11.8 Å². The van der Waals surface area contributed by atoms with E-state index in [0.29, 0.717) is 34.1 Å². The van der Waals surface area contributed by atoms with Gasteiger partial charge in [-0.2, -0.15) is 10.4 Å². The molecule has 9 nitrogen and oxygen atoms in total. The fraction of sp³-hybridized carbons (Fsp3) is 0.133. The first kappa shape index (κ1) is 25.3. The number of carbonyl (C=O) groups is 2. The summed E-state index contributed by atoms with van der Waals surface area (Å²) in [6, 6.07) is 20.3. The lowest BCUT2D eigenvalue weighted by Gasteiger charge is -2.26. The van der Waals surface area contributed by atoms with Crippen molar-refractivity contribution in [1.29, 1.82) is 5.26 Å². The Hall–Kier alpha value is -5.36. The van der Waals surface area contributed by atoms with Gasteiger partial charge in [0.15, 0.2) is 11.5 Å². The van der Waals surface area contributed by atoms with Gasteiger partial charge in [-0.05, 0) is 61.0 Å². The first-order chi connectivity index (χ1) is 18.9. The zero-order chi connectivity index (χ0) is 27.5. The second-order valence-corrected chi connectivity index (χ2v) is 8.73. The number of imide groups is 1. The Bertz CT molecular complexity index is 1660. The highest BCUT2D eigenvalue weighted by atomic mass is 16.5. The second-order valence-electron chi connectivity index (χ2n) is 8.73. The van der Waals surface area contributed by atoms with Gasteiger partial charge in [0, 0.05) is 22.9 Å². The van der Waals surface area contributed by atoms with E-state index in [0.717, 1.165) is 16.2 Å². The molecule has 194 valence electrons. The molecule has 4 aromatic rings. The lowest BCUT2D eigenvalue weighted by Crippen LogP contribution is -2.42. The first-order valence-electron chi connectivity index (χ1n) is 12.0. The van der Waals surface area contributed by atoms with Crippen LogP contribution in [0.5, 0.6) is 11.5 Å². The van der Waals surface area contributed by atoms with E-state index in [1.165, 1.54) is 6.26 Å². The smallest absolute Gasteiger partial charge is 0.272 e. The van der Waals surface area contributed by atoms with E-state index in [9.17, 15) is 14.9 Å². The molecule has 0 radical (unpaired) electrons. The van der Waals surface area contributed by atoms with Gasteiger partial charge in [0.05, 0.1) is 32.7 Å². The molecule has 0 spiro atoms. The number of para-hydroxylation sites is 1. The molecule has 2 aromatic carbocycles. The van der Waals surface area contributed by atoms with Crippen molar-refractivity contribution in [2.45, 2.75) is 13.5 Å². The van der Waals surface area contributed by atoms with Crippen LogP contribution in [-0.4, -0.2) is 40.7 Å². The van der Waals surface area contributed by atoms with Crippen molar-refractivity contribution in [3.05, 3.63) is 101 Å². The van der Waals surface area contributed by atoms with Gasteiger partial charge >= 0.3 is 0 Å². The molecule has 1 aliphatic rings. The molecule has 2 aromatic heterocycles. The van der Waals surface area contributed by atoms with Crippen LogP contribution in [0.4, 0.5) is 0 Å². The van der Waals surface area contributed by atoms with Crippen molar-refractivity contribution >= 4 is 17.9 Å². The quantitative estimate of drug-likeness (QED) is 0.251. The number of nitriles is 1. The lowest BCUT2D eigenvalue weighted by molar-refractivity contribution is -0.141. The zero-order valence-corrected chi connectivity index (χ0v) is 21.5. The van der Waals surface area contributed by atoms with Crippen LogP contribution in [0.1, 0.15) is 18.2 Å². The van der Waals surface area contributed by atoms with Gasteiger partial charge < -0.3 is 13.9 Å². The Labute approximate surface area is 224 Å². The minimum absolute atomic E-state index is 0.0910. The van der Waals surface area contributed by atoms with E-state index >= 15 is 0 Å². The maximum absolute atomic E-state index is 13.6. The molecule has 9 heteroatoms. The average molecular weight is 521 g/mol. The summed E-state index contributed by atoms with van der Waals surface area (Å²) in [4.78, 5) is 27.7. The van der Waals surface area contributed by atoms with E-state index in [1.54, 1.807) is 62.4 Å². The Morgan fingerprint density at radius 3 is 2.44 bits per heavy atom. The number of ether oxygens (including phenoxy) is 2. The molecular weight excluding hydrogens is 496 g/mol. The van der Waals surface area contributed by atoms with Crippen molar-refractivity contribution in [1.82, 2.24) is 14.7 Å². The molecule has 39 heavy (non-hydrogen) atoms. The van der Waals surface area contributed by atoms with Gasteiger partial charge in [-0.3, -0.25) is 14.5 Å². The van der Waals surface area contributed by atoms with Crippen LogP contribution in [0.3, 0.4) is 0 Å². The third-order valence-corrected chi connectivity index (χ3v) is 6.44. The average Bonchev–Trinajstić information content (AvgIpc) is 3.64. The van der Waals surface area contributed by atoms with E-state index in [1.807, 2.05) is 42.5 Å². The summed E-state index contributed by atoms with van der Waals surface area (Å²) >= 11 is 0. The molecule has 2 amide bonds. The van der Waals surface area contributed by atoms with Gasteiger partial charge in [-0.25, -0.2) is 4.68 Å². The van der Waals surface area contributed by atoms with Crippen LogP contribution in [0.2, 0.25) is 0 Å². The van der Waals surface area contributed by atoms with Gasteiger partial charge in [0.1, 0.15) is 23.1 Å². The van der Waals surface area contributed by atoms with E-state index in [2.05, 4.69) is 0 Å². The summed E-state index contributed by atoms with van der Waals surface area (Å²) in [5.74, 6) is 0.327. The van der Waals surface area contributed by atoms with Gasteiger partial charge in [-0.1, -0.05) is 18.2 Å². The number of furan rings is 1. The minimum atomic E-state index is -0.659. The Kier molecular flexibility index (Phi) is 6.85. The zero-order valence-electron chi connectivity index (χ0n) is 21.5. The number of hydrogen-bond donors (Lipinski definition) is 0. The number of benzene rings is 2. The first-order valence-corrected chi connectivity index (χ1v) is 12.0. The molecule has 1 aliphatic heterocycles. The molecular formula is C30H24N4O5. The van der Waals surface area contributed by atoms with E-state index < -0.39 is 11.8 Å². The van der Waals surface area contributed by atoms with Crippen molar-refractivity contribution in [2.24, 2.45) is 0 Å². The van der Waals surface area contributed by atoms with Crippen molar-refractivity contribution in [3.8, 4) is 34.5 Å². The van der Waals surface area contributed by atoms with E-state index in [4.69, 9.17) is 19.0 Å². The SMILES string of the molecule is COc1ccc(-c2nn(-c3ccccc3)cc2/C=C2/C(=O)N(Cc3ccco3)C(=O)C(C#N)=C2C)cc1OC. The fourth-order valence-corrected chi connectivity index (χ4v) is 4.40. The van der Waals surface area contributed by atoms with Crippen LogP contribution in [-0.2, 0) is 16.1 Å². The molecule has 3 heterocycles. The number of methoxy groups -OCH3 is 2. The Balaban J connectivity index is 1.68. The van der Waals surface area contributed by atoms with Crippen LogP contribution in [0, 0.1) is 11.3 Å². The number of carbonyl (C=O) groups excluding carboxylic acids is 2. The van der Waals surface area contributed by atoms with Crippen LogP contribution < -0.4 is 9.47 Å². The lowest BCUT2D eigenvalue weighted by atomic mass is 9.93. The molecule has 0 saturated carbocycles. The topological polar surface area (TPSA) is 111 Å². The Morgan fingerprint density at radius 1 is 1.00 bits per heavy atom. The highest BCUT2D eigenvalue weighted by Gasteiger charge is 2.36. The maximum Gasteiger partial charge on any atom is 0.272 e. The molecule has 0 N–H and O–H groups in total. The number of nitrogens with zero attached hydrogens (tertiary/aromatic N) is 4. The van der Waals surface area contributed by atoms with Crippen molar-refractivity contribution in [3.63, 3.8) is 0 Å². The fourth-order valence-electron chi connectivity index (χ4n) is 4.40. The molecule has 0 fully saturated rings. The summed E-state index contributed by atoms with van der Waals surface area (Å²) in [6.45, 7) is 1.51. The monoisotopic (exact) mass is 520 g/mol. The number of amides is 2. The highest BCUT2D eigenvalue weighted by molar-refractivity contribution is 6.19. The van der Waals surface area contributed by atoms with Crippen LogP contribution >= 0.6 is 0 Å². The minimum Gasteiger partial charge on any atom is -0.493 e. The standard InChI is InChI=1S/C30H24N4O5/c1-19-24(29(35)33(30(36)25(19)16-31)18-23-10-7-13-39-23)14-21-17-34(22-8-5-4-6-9-22)32-28(21)20-11-12-26(37-2)27(15-20)38-3/h4-15,17H,18H2,1-3H3/b24-14+. The third kappa shape index (κ3) is 4.71. The molecule has 5 rings (SSSR count). The molecule has 0 saturated heterocycles. The molecule has 0 aliphatic carbocycles. The van der Waals surface area contributed by atoms with Crippen molar-refractivity contribution in [2.75, 3.05) is 14.2 Å². The Morgan fingerprint density at radius 2 is 1.77 bits per heavy atom. The van der Waals surface area contributed by atoms with Crippen LogP contribution in [0.15, 0.2) is 94.3 Å². The van der Waals surface area contributed by atoms with Crippen LogP contribution in [0.25, 0.3) is 23.0 Å². The number of rotatable bonds is 7. The van der Waals surface area contributed by atoms with Gasteiger partial charge in [0.2, 0.25) is 0 Å². The second kappa shape index (κ2) is 10.6. The molecule has 0 unspecified atom stereocenters. The predicted octanol–water partition coefficient (Wildman–Crippen LogP) is 4.94. The summed E-state index contributed by atoms with van der Waals surface area (Å²) < 4.78 is 17.9. The van der Waals surface area contributed by atoms with Gasteiger partial charge in [-0.15, -0.1) is 0 Å².